The number of rotatable bonds is 5. The summed E-state index contributed by atoms with van der Waals surface area (Å²) < 4.78 is 16.3. The predicted molar refractivity (Wildman–Crippen MR) is 113 cm³/mol. The molecular formula is C24H24O6. The number of hydrogen-bond donors (Lipinski definition) is 0. The van der Waals surface area contributed by atoms with Gasteiger partial charge in [0.2, 0.25) is 0 Å². The van der Waals surface area contributed by atoms with Crippen LogP contribution in [0.3, 0.4) is 0 Å². The van der Waals surface area contributed by atoms with E-state index in [0.717, 1.165) is 5.56 Å². The maximum Gasteiger partial charge on any atom is 0.349 e. The molecule has 0 amide bonds. The van der Waals surface area contributed by atoms with Gasteiger partial charge >= 0.3 is 11.6 Å². The predicted octanol–water partition coefficient (Wildman–Crippen LogP) is 4.59. The fourth-order valence-electron chi connectivity index (χ4n) is 3.29. The molecule has 0 aliphatic carbocycles. The third-order valence-corrected chi connectivity index (χ3v) is 4.70. The topological polar surface area (TPSA) is 82.8 Å². The lowest BCUT2D eigenvalue weighted by Crippen LogP contribution is -2.21. The van der Waals surface area contributed by atoms with Gasteiger partial charge in [-0.15, -0.1) is 0 Å². The second-order valence-corrected chi connectivity index (χ2v) is 8.13. The van der Waals surface area contributed by atoms with Crippen molar-refractivity contribution in [3.63, 3.8) is 0 Å². The van der Waals surface area contributed by atoms with E-state index in [4.69, 9.17) is 13.9 Å². The highest BCUT2D eigenvalue weighted by Gasteiger charge is 2.21. The normalized spacial score (nSPS) is 11.4. The summed E-state index contributed by atoms with van der Waals surface area (Å²) in [6, 6.07) is 12.0. The summed E-state index contributed by atoms with van der Waals surface area (Å²) in [6.45, 7) is 8.90. The average Bonchev–Trinajstić information content (AvgIpc) is 2.65. The molecule has 0 bridgehead atoms. The second-order valence-electron chi connectivity index (χ2n) is 8.13. The SMILES string of the molecule is CC(=O)c1c(OC(=O)COc2ccccc2C(C)(C)C)ccc2c(C)cc(=O)oc12. The first-order valence-corrected chi connectivity index (χ1v) is 9.59. The van der Waals surface area contributed by atoms with Gasteiger partial charge in [0.1, 0.15) is 17.1 Å². The Bertz CT molecular complexity index is 1180. The molecule has 0 radical (unpaired) electrons. The molecule has 0 spiro atoms. The molecule has 0 saturated carbocycles. The third-order valence-electron chi connectivity index (χ3n) is 4.70. The fraction of sp³-hybridized carbons (Fsp3) is 0.292. The Morgan fingerprint density at radius 1 is 1.03 bits per heavy atom. The van der Waals surface area contributed by atoms with Gasteiger partial charge < -0.3 is 13.9 Å². The Labute approximate surface area is 174 Å². The van der Waals surface area contributed by atoms with Crippen LogP contribution in [0.1, 0.15) is 49.2 Å². The quantitative estimate of drug-likeness (QED) is 0.266. The first-order chi connectivity index (χ1) is 14.1. The molecule has 30 heavy (non-hydrogen) atoms. The van der Waals surface area contributed by atoms with E-state index in [1.54, 1.807) is 19.1 Å². The van der Waals surface area contributed by atoms with E-state index in [2.05, 4.69) is 20.8 Å². The molecule has 0 aliphatic heterocycles. The number of benzene rings is 2. The minimum absolute atomic E-state index is 0.0291. The van der Waals surface area contributed by atoms with E-state index >= 15 is 0 Å². The summed E-state index contributed by atoms with van der Waals surface area (Å²) in [4.78, 5) is 36.5. The summed E-state index contributed by atoms with van der Waals surface area (Å²) in [5.41, 5.74) is 1.06. The molecule has 6 nitrogen and oxygen atoms in total. The number of fused-ring (bicyclic) bond motifs is 1. The number of hydrogen-bond acceptors (Lipinski definition) is 6. The molecular weight excluding hydrogens is 384 g/mol. The first kappa shape index (κ1) is 21.3. The number of Topliss-reactive ketones (excluding diaryl/α,β-unsaturated/α-hetero) is 1. The van der Waals surface area contributed by atoms with Crippen LogP contribution in [0.4, 0.5) is 0 Å². The summed E-state index contributed by atoms with van der Waals surface area (Å²) >= 11 is 0. The highest BCUT2D eigenvalue weighted by atomic mass is 16.6. The molecule has 0 atom stereocenters. The molecule has 1 heterocycles. The molecule has 2 aromatic carbocycles. The molecule has 3 aromatic rings. The molecule has 0 unspecified atom stereocenters. The number of ketones is 1. The number of carbonyl (C=O) groups is 2. The number of para-hydroxylation sites is 1. The summed E-state index contributed by atoms with van der Waals surface area (Å²) in [6.07, 6.45) is 0. The Morgan fingerprint density at radius 3 is 2.40 bits per heavy atom. The van der Waals surface area contributed by atoms with Crippen LogP contribution in [0.5, 0.6) is 11.5 Å². The molecule has 0 fully saturated rings. The van der Waals surface area contributed by atoms with Crippen molar-refractivity contribution in [1.82, 2.24) is 0 Å². The average molecular weight is 408 g/mol. The van der Waals surface area contributed by atoms with E-state index < -0.39 is 11.6 Å². The summed E-state index contributed by atoms with van der Waals surface area (Å²) in [7, 11) is 0. The molecule has 3 rings (SSSR count). The lowest BCUT2D eigenvalue weighted by Gasteiger charge is -2.22. The van der Waals surface area contributed by atoms with Crippen LogP contribution in [0.25, 0.3) is 11.0 Å². The largest absolute Gasteiger partial charge is 0.482 e. The fourth-order valence-corrected chi connectivity index (χ4v) is 3.29. The van der Waals surface area contributed by atoms with Crippen LogP contribution in [0, 0.1) is 6.92 Å². The van der Waals surface area contributed by atoms with Gasteiger partial charge in [-0.25, -0.2) is 9.59 Å². The summed E-state index contributed by atoms with van der Waals surface area (Å²) in [5.74, 6) is -0.429. The minimum atomic E-state index is -0.671. The van der Waals surface area contributed by atoms with Crippen molar-refractivity contribution in [2.45, 2.75) is 40.0 Å². The Morgan fingerprint density at radius 2 is 1.73 bits per heavy atom. The molecule has 0 aliphatic rings. The van der Waals surface area contributed by atoms with Crippen molar-refractivity contribution in [2.75, 3.05) is 6.61 Å². The van der Waals surface area contributed by atoms with E-state index in [1.165, 1.54) is 19.1 Å². The van der Waals surface area contributed by atoms with Crippen molar-refractivity contribution in [3.05, 3.63) is 69.6 Å². The maximum atomic E-state index is 12.4. The van der Waals surface area contributed by atoms with E-state index in [0.29, 0.717) is 16.7 Å². The van der Waals surface area contributed by atoms with Crippen LogP contribution < -0.4 is 15.1 Å². The van der Waals surface area contributed by atoms with Gasteiger partial charge in [-0.1, -0.05) is 39.0 Å². The van der Waals surface area contributed by atoms with Gasteiger partial charge in [0.25, 0.3) is 0 Å². The van der Waals surface area contributed by atoms with Crippen molar-refractivity contribution in [2.24, 2.45) is 0 Å². The Kier molecular flexibility index (Phi) is 5.78. The molecule has 0 saturated heterocycles. The van der Waals surface area contributed by atoms with Gasteiger partial charge in [-0.2, -0.15) is 0 Å². The van der Waals surface area contributed by atoms with E-state index in [9.17, 15) is 14.4 Å². The zero-order chi connectivity index (χ0) is 22.1. The van der Waals surface area contributed by atoms with Crippen LogP contribution in [0.15, 0.2) is 51.7 Å². The smallest absolute Gasteiger partial charge is 0.349 e. The number of carbonyl (C=O) groups excluding carboxylic acids is 2. The molecule has 1 aromatic heterocycles. The van der Waals surface area contributed by atoms with Gasteiger partial charge in [-0.3, -0.25) is 4.79 Å². The molecule has 0 N–H and O–H groups in total. The Balaban J connectivity index is 1.87. The van der Waals surface area contributed by atoms with Crippen LogP contribution >= 0.6 is 0 Å². The molecule has 156 valence electrons. The van der Waals surface area contributed by atoms with Gasteiger partial charge in [0.15, 0.2) is 18.0 Å². The highest BCUT2D eigenvalue weighted by Crippen LogP contribution is 2.32. The summed E-state index contributed by atoms with van der Waals surface area (Å²) in [5, 5.41) is 0.606. The third kappa shape index (κ3) is 4.43. The number of ether oxygens (including phenoxy) is 2. The van der Waals surface area contributed by atoms with Crippen molar-refractivity contribution in [1.29, 1.82) is 0 Å². The first-order valence-electron chi connectivity index (χ1n) is 9.59. The highest BCUT2D eigenvalue weighted by molar-refractivity contribution is 6.08. The minimum Gasteiger partial charge on any atom is -0.482 e. The zero-order valence-electron chi connectivity index (χ0n) is 17.7. The lowest BCUT2D eigenvalue weighted by molar-refractivity contribution is -0.136. The van der Waals surface area contributed by atoms with Gasteiger partial charge in [0.05, 0.1) is 0 Å². The van der Waals surface area contributed by atoms with Crippen molar-refractivity contribution in [3.8, 4) is 11.5 Å². The van der Waals surface area contributed by atoms with Crippen LogP contribution in [-0.2, 0) is 10.2 Å². The molecule has 6 heteroatoms. The zero-order valence-corrected chi connectivity index (χ0v) is 17.7. The van der Waals surface area contributed by atoms with Gasteiger partial charge in [0, 0.05) is 11.5 Å². The van der Waals surface area contributed by atoms with E-state index in [1.807, 2.05) is 18.2 Å². The number of esters is 1. The van der Waals surface area contributed by atoms with Crippen LogP contribution in [0.2, 0.25) is 0 Å². The van der Waals surface area contributed by atoms with Crippen molar-refractivity contribution >= 4 is 22.7 Å². The standard InChI is InChI=1S/C24H24O6/c1-14-12-20(26)30-23-16(14)10-11-19(22(23)15(2)25)29-21(27)13-28-18-9-7-6-8-17(18)24(3,4)5/h6-12H,13H2,1-5H3. The second kappa shape index (κ2) is 8.14. The van der Waals surface area contributed by atoms with Gasteiger partial charge in [-0.05, 0) is 48.6 Å². The van der Waals surface area contributed by atoms with Crippen LogP contribution in [-0.4, -0.2) is 18.4 Å². The Hall–Kier alpha value is -3.41. The lowest BCUT2D eigenvalue weighted by atomic mass is 9.86. The monoisotopic (exact) mass is 408 g/mol. The van der Waals surface area contributed by atoms with E-state index in [-0.39, 0.29) is 34.7 Å². The maximum absolute atomic E-state index is 12.4. The van der Waals surface area contributed by atoms with Crippen molar-refractivity contribution < 1.29 is 23.5 Å². The number of aryl methyl sites for hydroxylation is 1.